The van der Waals surface area contributed by atoms with Crippen molar-refractivity contribution >= 4 is 24.8 Å². The second kappa shape index (κ2) is 11.2. The zero-order valence-corrected chi connectivity index (χ0v) is 17.3. The van der Waals surface area contributed by atoms with E-state index in [9.17, 15) is 4.39 Å². The van der Waals surface area contributed by atoms with Crippen molar-refractivity contribution in [3.05, 3.63) is 23.5 Å². The summed E-state index contributed by atoms with van der Waals surface area (Å²) in [6, 6.07) is 3.47. The quantitative estimate of drug-likeness (QED) is 0.790. The largest absolute Gasteiger partial charge is 0.493 e. The highest BCUT2D eigenvalue weighted by atomic mass is 35.5. The maximum absolute atomic E-state index is 14.9. The lowest BCUT2D eigenvalue weighted by Crippen LogP contribution is -2.47. The molecule has 1 aliphatic carbocycles. The van der Waals surface area contributed by atoms with E-state index in [0.29, 0.717) is 17.4 Å². The number of nitrogens with one attached hydrogen (secondary N) is 1. The Kier molecular flexibility index (Phi) is 10.0. The Labute approximate surface area is 168 Å². The fourth-order valence-electron chi connectivity index (χ4n) is 4.26. The number of piperazine rings is 1. The molecular formula is C19H31Cl2FN2O2. The molecule has 1 saturated carbocycles. The molecule has 0 bridgehead atoms. The van der Waals surface area contributed by atoms with E-state index in [1.54, 1.807) is 14.2 Å². The molecule has 1 aromatic carbocycles. The number of rotatable bonds is 5. The normalized spacial score (nSPS) is 19.8. The topological polar surface area (TPSA) is 33.7 Å². The lowest BCUT2D eigenvalue weighted by atomic mass is 9.80. The maximum atomic E-state index is 14.9. The molecule has 0 amide bonds. The monoisotopic (exact) mass is 408 g/mol. The predicted octanol–water partition coefficient (Wildman–Crippen LogP) is 4.21. The Morgan fingerprint density at radius 1 is 1.00 bits per heavy atom. The molecule has 1 heterocycles. The second-order valence-electron chi connectivity index (χ2n) is 6.86. The molecule has 150 valence electrons. The van der Waals surface area contributed by atoms with Gasteiger partial charge in [-0.05, 0) is 24.8 Å². The Hall–Kier alpha value is -0.750. The van der Waals surface area contributed by atoms with Crippen molar-refractivity contribution in [2.45, 2.75) is 38.1 Å². The van der Waals surface area contributed by atoms with Crippen LogP contribution in [0.4, 0.5) is 4.39 Å². The van der Waals surface area contributed by atoms with Crippen LogP contribution < -0.4 is 14.8 Å². The van der Waals surface area contributed by atoms with E-state index in [-0.39, 0.29) is 36.7 Å². The highest BCUT2D eigenvalue weighted by Gasteiger charge is 2.33. The van der Waals surface area contributed by atoms with E-state index < -0.39 is 0 Å². The van der Waals surface area contributed by atoms with E-state index in [1.807, 2.05) is 6.07 Å². The van der Waals surface area contributed by atoms with Gasteiger partial charge in [-0.15, -0.1) is 24.8 Å². The van der Waals surface area contributed by atoms with Gasteiger partial charge < -0.3 is 14.8 Å². The summed E-state index contributed by atoms with van der Waals surface area (Å²) in [6.07, 6.45) is 6.17. The van der Waals surface area contributed by atoms with Crippen molar-refractivity contribution in [2.75, 3.05) is 40.4 Å². The maximum Gasteiger partial charge on any atom is 0.163 e. The average Bonchev–Trinajstić information content (AvgIpc) is 2.64. The van der Waals surface area contributed by atoms with Crippen molar-refractivity contribution in [2.24, 2.45) is 5.92 Å². The Morgan fingerprint density at radius 3 is 2.15 bits per heavy atom. The van der Waals surface area contributed by atoms with Crippen molar-refractivity contribution in [3.8, 4) is 11.5 Å². The van der Waals surface area contributed by atoms with Crippen LogP contribution in [0.15, 0.2) is 12.1 Å². The van der Waals surface area contributed by atoms with Gasteiger partial charge in [0.2, 0.25) is 0 Å². The van der Waals surface area contributed by atoms with Gasteiger partial charge in [-0.25, -0.2) is 4.39 Å². The summed E-state index contributed by atoms with van der Waals surface area (Å²) in [5, 5.41) is 3.40. The van der Waals surface area contributed by atoms with Gasteiger partial charge in [0.25, 0.3) is 0 Å². The molecule has 7 heteroatoms. The van der Waals surface area contributed by atoms with Gasteiger partial charge in [0, 0.05) is 43.9 Å². The molecular weight excluding hydrogens is 378 g/mol. The highest BCUT2D eigenvalue weighted by molar-refractivity contribution is 5.85. The van der Waals surface area contributed by atoms with Crippen LogP contribution in [-0.2, 0) is 0 Å². The molecule has 1 saturated heterocycles. The summed E-state index contributed by atoms with van der Waals surface area (Å²) < 4.78 is 25.6. The van der Waals surface area contributed by atoms with Crippen LogP contribution in [0, 0.1) is 11.7 Å². The first-order valence-electron chi connectivity index (χ1n) is 9.10. The lowest BCUT2D eigenvalue weighted by Gasteiger charge is -2.41. The van der Waals surface area contributed by atoms with Gasteiger partial charge in [-0.2, -0.15) is 0 Å². The molecule has 1 aromatic rings. The molecule has 1 atom stereocenters. The minimum atomic E-state index is -0.179. The first-order chi connectivity index (χ1) is 11.7. The van der Waals surface area contributed by atoms with Crippen molar-refractivity contribution in [1.82, 2.24) is 10.2 Å². The van der Waals surface area contributed by atoms with E-state index in [0.717, 1.165) is 31.7 Å². The first-order valence-corrected chi connectivity index (χ1v) is 9.10. The number of methoxy groups -OCH3 is 2. The summed E-state index contributed by atoms with van der Waals surface area (Å²) in [4.78, 5) is 2.46. The average molecular weight is 409 g/mol. The molecule has 0 radical (unpaired) electrons. The standard InChI is InChI=1S/C19H29FN2O2.2ClH/c1-23-17-12-15(16(20)13-18(17)24-2)19(14-6-4-3-5-7-14)22-10-8-21-9-11-22;;/h12-14,19,21H,3-11H2,1-2H3;2*1H/t19-;;/m1../s1. The molecule has 2 aliphatic rings. The van der Waals surface area contributed by atoms with Crippen LogP contribution in [0.25, 0.3) is 0 Å². The van der Waals surface area contributed by atoms with E-state index >= 15 is 0 Å². The predicted molar refractivity (Wildman–Crippen MR) is 108 cm³/mol. The van der Waals surface area contributed by atoms with Crippen molar-refractivity contribution in [3.63, 3.8) is 0 Å². The van der Waals surface area contributed by atoms with Gasteiger partial charge >= 0.3 is 0 Å². The molecule has 1 aliphatic heterocycles. The molecule has 0 spiro atoms. The SMILES string of the molecule is COc1cc(F)c([C@@H](C2CCCCC2)N2CCNCC2)cc1OC.Cl.Cl. The molecule has 2 fully saturated rings. The molecule has 3 rings (SSSR count). The third-order valence-corrected chi connectivity index (χ3v) is 5.46. The summed E-state index contributed by atoms with van der Waals surface area (Å²) in [5.41, 5.74) is 0.765. The van der Waals surface area contributed by atoms with Crippen LogP contribution in [0.1, 0.15) is 43.7 Å². The summed E-state index contributed by atoms with van der Waals surface area (Å²) in [6.45, 7) is 3.88. The Morgan fingerprint density at radius 2 is 1.58 bits per heavy atom. The van der Waals surface area contributed by atoms with E-state index in [2.05, 4.69) is 10.2 Å². The van der Waals surface area contributed by atoms with Gasteiger partial charge in [0.1, 0.15) is 5.82 Å². The third kappa shape index (κ3) is 5.16. The molecule has 1 N–H and O–H groups in total. The van der Waals surface area contributed by atoms with Gasteiger partial charge in [0.05, 0.1) is 14.2 Å². The zero-order valence-electron chi connectivity index (χ0n) is 15.6. The van der Waals surface area contributed by atoms with Crippen LogP contribution in [0.3, 0.4) is 0 Å². The first kappa shape index (κ1) is 23.3. The Balaban J connectivity index is 0.00000169. The Bertz CT molecular complexity index is 533. The smallest absolute Gasteiger partial charge is 0.163 e. The molecule has 0 aromatic heterocycles. The minimum absolute atomic E-state index is 0. The van der Waals surface area contributed by atoms with Crippen molar-refractivity contribution in [1.29, 1.82) is 0 Å². The summed E-state index contributed by atoms with van der Waals surface area (Å²) in [7, 11) is 3.16. The number of benzene rings is 1. The summed E-state index contributed by atoms with van der Waals surface area (Å²) in [5.74, 6) is 1.41. The highest BCUT2D eigenvalue weighted by Crippen LogP contribution is 2.42. The van der Waals surface area contributed by atoms with Crippen molar-refractivity contribution < 1.29 is 13.9 Å². The zero-order chi connectivity index (χ0) is 16.9. The number of hydrogen-bond donors (Lipinski definition) is 1. The van der Waals surface area contributed by atoms with Gasteiger partial charge in [0.15, 0.2) is 11.5 Å². The molecule has 0 unspecified atom stereocenters. The minimum Gasteiger partial charge on any atom is -0.493 e. The number of nitrogens with zero attached hydrogens (tertiary/aromatic N) is 1. The number of halogens is 3. The van der Waals surface area contributed by atoms with E-state index in [1.165, 1.54) is 38.2 Å². The van der Waals surface area contributed by atoms with Crippen LogP contribution in [0.2, 0.25) is 0 Å². The molecule has 4 nitrogen and oxygen atoms in total. The van der Waals surface area contributed by atoms with E-state index in [4.69, 9.17) is 9.47 Å². The van der Waals surface area contributed by atoms with Gasteiger partial charge in [-0.3, -0.25) is 4.90 Å². The third-order valence-electron chi connectivity index (χ3n) is 5.46. The number of ether oxygens (including phenoxy) is 2. The van der Waals surface area contributed by atoms with Crippen LogP contribution in [0.5, 0.6) is 11.5 Å². The van der Waals surface area contributed by atoms with Crippen LogP contribution in [-0.4, -0.2) is 45.3 Å². The summed E-state index contributed by atoms with van der Waals surface area (Å²) >= 11 is 0. The van der Waals surface area contributed by atoms with Crippen LogP contribution >= 0.6 is 24.8 Å². The van der Waals surface area contributed by atoms with Gasteiger partial charge in [-0.1, -0.05) is 19.3 Å². The number of hydrogen-bond acceptors (Lipinski definition) is 4. The lowest BCUT2D eigenvalue weighted by molar-refractivity contribution is 0.100. The molecule has 26 heavy (non-hydrogen) atoms. The fraction of sp³-hybridized carbons (Fsp3) is 0.684. The fourth-order valence-corrected chi connectivity index (χ4v) is 4.26. The second-order valence-corrected chi connectivity index (χ2v) is 6.86.